The van der Waals surface area contributed by atoms with Crippen molar-refractivity contribution in [3.05, 3.63) is 17.5 Å². The first-order chi connectivity index (χ1) is 11.4. The molecule has 4 heterocycles. The standard InChI is InChI=1S/C15H22N4O3S2/c1-24(21,22)19-12-2-3-13(19)5-11(4-12)17-15(20)7-18-14-9-23-8-10(14)6-16-18/h6,11-13H,2-5,7-9H2,1H3,(H,17,20). The van der Waals surface area contributed by atoms with E-state index in [1.807, 2.05) is 18.0 Å². The maximum Gasteiger partial charge on any atom is 0.241 e. The molecule has 0 aliphatic carbocycles. The van der Waals surface area contributed by atoms with Crippen molar-refractivity contribution >= 4 is 27.7 Å². The molecule has 132 valence electrons. The van der Waals surface area contributed by atoms with Crippen molar-refractivity contribution in [2.24, 2.45) is 0 Å². The normalized spacial score (nSPS) is 29.6. The van der Waals surface area contributed by atoms with Gasteiger partial charge in [-0.3, -0.25) is 9.48 Å². The Balaban J connectivity index is 1.38. The van der Waals surface area contributed by atoms with Crippen LogP contribution in [0.15, 0.2) is 6.20 Å². The number of piperidine rings is 1. The first-order valence-electron chi connectivity index (χ1n) is 8.31. The largest absolute Gasteiger partial charge is 0.352 e. The molecule has 3 aliphatic rings. The number of nitrogens with zero attached hydrogens (tertiary/aromatic N) is 3. The third-order valence-electron chi connectivity index (χ3n) is 5.24. The molecule has 24 heavy (non-hydrogen) atoms. The van der Waals surface area contributed by atoms with Gasteiger partial charge in [-0.1, -0.05) is 0 Å². The topological polar surface area (TPSA) is 84.3 Å². The van der Waals surface area contributed by atoms with Crippen LogP contribution in [0, 0.1) is 0 Å². The molecule has 4 rings (SSSR count). The molecule has 2 saturated heterocycles. The maximum atomic E-state index is 12.4. The van der Waals surface area contributed by atoms with E-state index in [-0.39, 0.29) is 30.6 Å². The van der Waals surface area contributed by atoms with Crippen LogP contribution in [0.3, 0.4) is 0 Å². The summed E-state index contributed by atoms with van der Waals surface area (Å²) in [4.78, 5) is 12.4. The first kappa shape index (κ1) is 16.4. The molecule has 0 aromatic carbocycles. The second-order valence-corrected chi connectivity index (χ2v) is 9.85. The van der Waals surface area contributed by atoms with Gasteiger partial charge in [0.25, 0.3) is 0 Å². The van der Waals surface area contributed by atoms with Gasteiger partial charge in [-0.2, -0.15) is 21.2 Å². The van der Waals surface area contributed by atoms with E-state index in [4.69, 9.17) is 0 Å². The van der Waals surface area contributed by atoms with Crippen LogP contribution >= 0.6 is 11.8 Å². The summed E-state index contributed by atoms with van der Waals surface area (Å²) < 4.78 is 27.3. The Hall–Kier alpha value is -1.06. The molecular weight excluding hydrogens is 348 g/mol. The Morgan fingerprint density at radius 3 is 2.71 bits per heavy atom. The van der Waals surface area contributed by atoms with E-state index in [0.717, 1.165) is 30.0 Å². The van der Waals surface area contributed by atoms with Crippen LogP contribution < -0.4 is 5.32 Å². The summed E-state index contributed by atoms with van der Waals surface area (Å²) >= 11 is 1.84. The van der Waals surface area contributed by atoms with Crippen molar-refractivity contribution in [2.75, 3.05) is 6.26 Å². The van der Waals surface area contributed by atoms with Crippen molar-refractivity contribution in [3.63, 3.8) is 0 Å². The number of nitrogens with one attached hydrogen (secondary N) is 1. The highest BCUT2D eigenvalue weighted by atomic mass is 32.2. The SMILES string of the molecule is CS(=O)(=O)N1C2CCC1CC(NC(=O)Cn1ncc3c1CSC3)C2. The van der Waals surface area contributed by atoms with E-state index >= 15 is 0 Å². The minimum absolute atomic E-state index is 0.0324. The van der Waals surface area contributed by atoms with Crippen molar-refractivity contribution in [3.8, 4) is 0 Å². The molecule has 2 bridgehead atoms. The van der Waals surface area contributed by atoms with Gasteiger partial charge in [0.15, 0.2) is 0 Å². The molecule has 2 unspecified atom stereocenters. The van der Waals surface area contributed by atoms with Crippen LogP contribution in [-0.2, 0) is 32.9 Å². The highest BCUT2D eigenvalue weighted by Crippen LogP contribution is 2.37. The molecule has 1 aromatic heterocycles. The fourth-order valence-electron chi connectivity index (χ4n) is 4.33. The van der Waals surface area contributed by atoms with Gasteiger partial charge in [0.2, 0.25) is 15.9 Å². The monoisotopic (exact) mass is 370 g/mol. The summed E-state index contributed by atoms with van der Waals surface area (Å²) in [7, 11) is -3.16. The third-order valence-corrected chi connectivity index (χ3v) is 7.59. The molecule has 2 fully saturated rings. The number of hydrogen-bond acceptors (Lipinski definition) is 5. The Bertz CT molecular complexity index is 747. The third kappa shape index (κ3) is 2.97. The number of sulfonamides is 1. The summed E-state index contributed by atoms with van der Waals surface area (Å²) in [5, 5.41) is 7.41. The second kappa shape index (κ2) is 6.03. The van der Waals surface area contributed by atoms with Gasteiger partial charge >= 0.3 is 0 Å². The predicted octanol–water partition coefficient (Wildman–Crippen LogP) is 0.701. The van der Waals surface area contributed by atoms with Crippen LogP contribution in [0.4, 0.5) is 0 Å². The summed E-state index contributed by atoms with van der Waals surface area (Å²) in [5.41, 5.74) is 2.38. The number of amides is 1. The zero-order chi connectivity index (χ0) is 16.9. The lowest BCUT2D eigenvalue weighted by Crippen LogP contribution is -2.52. The van der Waals surface area contributed by atoms with Gasteiger partial charge in [-0.05, 0) is 25.7 Å². The number of aromatic nitrogens is 2. The van der Waals surface area contributed by atoms with Gasteiger partial charge in [0, 0.05) is 35.2 Å². The van der Waals surface area contributed by atoms with Gasteiger partial charge < -0.3 is 5.32 Å². The Morgan fingerprint density at radius 1 is 1.33 bits per heavy atom. The van der Waals surface area contributed by atoms with Gasteiger partial charge in [0.05, 0.1) is 18.1 Å². The number of carbonyl (C=O) groups excluding carboxylic acids is 1. The number of carbonyl (C=O) groups is 1. The van der Waals surface area contributed by atoms with Crippen LogP contribution in [0.5, 0.6) is 0 Å². The van der Waals surface area contributed by atoms with E-state index in [1.165, 1.54) is 11.8 Å². The fraction of sp³-hybridized carbons (Fsp3) is 0.733. The summed E-state index contributed by atoms with van der Waals surface area (Å²) in [6.45, 7) is 0.248. The lowest BCUT2D eigenvalue weighted by atomic mass is 10.00. The predicted molar refractivity (Wildman–Crippen MR) is 91.9 cm³/mol. The second-order valence-electron chi connectivity index (χ2n) is 6.98. The van der Waals surface area contributed by atoms with E-state index in [9.17, 15) is 13.2 Å². The van der Waals surface area contributed by atoms with Crippen LogP contribution in [0.25, 0.3) is 0 Å². The molecule has 7 nitrogen and oxygen atoms in total. The van der Waals surface area contributed by atoms with Crippen molar-refractivity contribution in [1.29, 1.82) is 0 Å². The molecule has 1 aromatic rings. The van der Waals surface area contributed by atoms with Crippen LogP contribution in [0.1, 0.15) is 36.9 Å². The number of thioether (sulfide) groups is 1. The van der Waals surface area contributed by atoms with Crippen molar-refractivity contribution in [1.82, 2.24) is 19.4 Å². The molecule has 2 atom stereocenters. The summed E-state index contributed by atoms with van der Waals surface area (Å²) in [5.74, 6) is 1.86. The Labute approximate surface area is 146 Å². The highest BCUT2D eigenvalue weighted by molar-refractivity contribution is 7.98. The van der Waals surface area contributed by atoms with E-state index in [1.54, 1.807) is 8.99 Å². The molecule has 0 radical (unpaired) electrons. The lowest BCUT2D eigenvalue weighted by Gasteiger charge is -2.37. The molecule has 3 aliphatic heterocycles. The average molecular weight is 371 g/mol. The lowest BCUT2D eigenvalue weighted by molar-refractivity contribution is -0.122. The van der Waals surface area contributed by atoms with E-state index in [2.05, 4.69) is 10.4 Å². The van der Waals surface area contributed by atoms with E-state index in [0.29, 0.717) is 12.8 Å². The highest BCUT2D eigenvalue weighted by Gasteiger charge is 2.45. The number of rotatable bonds is 4. The summed E-state index contributed by atoms with van der Waals surface area (Å²) in [6, 6.07) is 0.134. The quantitative estimate of drug-likeness (QED) is 0.843. The van der Waals surface area contributed by atoms with Crippen LogP contribution in [-0.4, -0.2) is 52.8 Å². The van der Waals surface area contributed by atoms with Gasteiger partial charge in [-0.15, -0.1) is 0 Å². The minimum atomic E-state index is -3.16. The Kier molecular flexibility index (Phi) is 4.12. The zero-order valence-corrected chi connectivity index (χ0v) is 15.3. The van der Waals surface area contributed by atoms with E-state index < -0.39 is 10.0 Å². The number of fused-ring (bicyclic) bond motifs is 3. The minimum Gasteiger partial charge on any atom is -0.352 e. The smallest absolute Gasteiger partial charge is 0.241 e. The maximum absolute atomic E-state index is 12.4. The van der Waals surface area contributed by atoms with Crippen molar-refractivity contribution < 1.29 is 13.2 Å². The first-order valence-corrected chi connectivity index (χ1v) is 11.3. The fourth-order valence-corrected chi connectivity index (χ4v) is 6.89. The Morgan fingerprint density at radius 2 is 2.04 bits per heavy atom. The van der Waals surface area contributed by atoms with Crippen molar-refractivity contribution in [2.45, 2.75) is 61.9 Å². The molecule has 1 amide bonds. The average Bonchev–Trinajstić information content (AvgIpc) is 3.14. The summed E-state index contributed by atoms with van der Waals surface area (Å²) in [6.07, 6.45) is 6.35. The molecule has 0 saturated carbocycles. The van der Waals surface area contributed by atoms with Crippen LogP contribution in [0.2, 0.25) is 0 Å². The van der Waals surface area contributed by atoms with Gasteiger partial charge in [-0.25, -0.2) is 8.42 Å². The number of hydrogen-bond donors (Lipinski definition) is 1. The molecular formula is C15H22N4O3S2. The molecule has 1 N–H and O–H groups in total. The zero-order valence-electron chi connectivity index (χ0n) is 13.6. The van der Waals surface area contributed by atoms with Gasteiger partial charge in [0.1, 0.15) is 6.54 Å². The molecule has 0 spiro atoms. The molecule has 9 heteroatoms.